The van der Waals surface area contributed by atoms with Gasteiger partial charge in [-0.2, -0.15) is 5.10 Å². The van der Waals surface area contributed by atoms with Gasteiger partial charge in [-0.15, -0.1) is 0 Å². The average Bonchev–Trinajstić information content (AvgIpc) is 3.31. The van der Waals surface area contributed by atoms with E-state index in [1.54, 1.807) is 30.3 Å². The molecule has 0 fully saturated rings. The van der Waals surface area contributed by atoms with Gasteiger partial charge in [-0.25, -0.2) is 9.38 Å². The smallest absolute Gasteiger partial charge is 0.269 e. The highest BCUT2D eigenvalue weighted by atomic mass is 127. The summed E-state index contributed by atoms with van der Waals surface area (Å²) in [6.07, 6.45) is 0.443. The van der Waals surface area contributed by atoms with Crippen molar-refractivity contribution in [2.45, 2.75) is 17.4 Å². The van der Waals surface area contributed by atoms with Crippen LogP contribution >= 0.6 is 22.6 Å². The maximum atomic E-state index is 13.5. The van der Waals surface area contributed by atoms with Crippen molar-refractivity contribution in [3.63, 3.8) is 0 Å². The summed E-state index contributed by atoms with van der Waals surface area (Å²) >= 11 is 2.25. The fraction of sp³-hybridized carbons (Fsp3) is 0.148. The third-order valence-corrected chi connectivity index (χ3v) is 7.05. The third-order valence-electron chi connectivity index (χ3n) is 5.87. The van der Waals surface area contributed by atoms with Crippen LogP contribution in [0.3, 0.4) is 0 Å². The van der Waals surface area contributed by atoms with Crippen molar-refractivity contribution in [2.75, 3.05) is 7.11 Å². The van der Waals surface area contributed by atoms with Gasteiger partial charge in [-0.05, 0) is 83.6 Å². The summed E-state index contributed by atoms with van der Waals surface area (Å²) in [4.78, 5) is 18.1. The molecule has 1 atom stereocenters. The Morgan fingerprint density at radius 2 is 1.92 bits per heavy atom. The summed E-state index contributed by atoms with van der Waals surface area (Å²) in [6.45, 7) is 1.95. The van der Waals surface area contributed by atoms with Crippen LogP contribution in [-0.4, -0.2) is 34.1 Å². The second-order valence-electron chi connectivity index (χ2n) is 8.41. The number of nitrogens with zero attached hydrogens (tertiary/aromatic N) is 3. The van der Waals surface area contributed by atoms with E-state index in [1.807, 2.05) is 49.4 Å². The molecule has 1 aromatic heterocycles. The van der Waals surface area contributed by atoms with Gasteiger partial charge in [0.2, 0.25) is 0 Å². The van der Waals surface area contributed by atoms with E-state index >= 15 is 0 Å². The fourth-order valence-electron chi connectivity index (χ4n) is 4.05. The zero-order valence-electron chi connectivity index (χ0n) is 19.6. The SMILES string of the molecule is COc1cccc(CC2=Nc3c(-c4ccc(F)cc4)n[nH]c3C(I)N2NC(=O)c2cccc(C)c2)c1. The number of aryl methyl sites for hydroxylation is 1. The lowest BCUT2D eigenvalue weighted by Crippen LogP contribution is -2.48. The predicted molar refractivity (Wildman–Crippen MR) is 145 cm³/mol. The van der Waals surface area contributed by atoms with E-state index in [4.69, 9.17) is 9.73 Å². The first-order valence-corrected chi connectivity index (χ1v) is 12.5. The van der Waals surface area contributed by atoms with Crippen molar-refractivity contribution in [2.24, 2.45) is 4.99 Å². The second-order valence-corrected chi connectivity index (χ2v) is 9.59. The average molecular weight is 595 g/mol. The molecule has 0 saturated carbocycles. The molecule has 0 aliphatic carbocycles. The molecule has 1 aliphatic heterocycles. The van der Waals surface area contributed by atoms with E-state index in [9.17, 15) is 9.18 Å². The van der Waals surface area contributed by atoms with Gasteiger partial charge >= 0.3 is 0 Å². The Balaban J connectivity index is 1.55. The molecule has 3 aromatic carbocycles. The van der Waals surface area contributed by atoms with Gasteiger partial charge in [-0.1, -0.05) is 29.8 Å². The minimum Gasteiger partial charge on any atom is -0.497 e. The predicted octanol–water partition coefficient (Wildman–Crippen LogP) is 5.90. The summed E-state index contributed by atoms with van der Waals surface area (Å²) in [5, 5.41) is 9.32. The molecule has 7 nitrogen and oxygen atoms in total. The largest absolute Gasteiger partial charge is 0.497 e. The number of methoxy groups -OCH3 is 1. The van der Waals surface area contributed by atoms with Crippen LogP contribution in [0.4, 0.5) is 10.1 Å². The lowest BCUT2D eigenvalue weighted by atomic mass is 10.1. The quantitative estimate of drug-likeness (QED) is 0.165. The first-order chi connectivity index (χ1) is 17.4. The van der Waals surface area contributed by atoms with Gasteiger partial charge in [0.25, 0.3) is 5.91 Å². The van der Waals surface area contributed by atoms with Crippen molar-refractivity contribution in [3.8, 4) is 17.0 Å². The van der Waals surface area contributed by atoms with Crippen molar-refractivity contribution >= 4 is 40.0 Å². The summed E-state index contributed by atoms with van der Waals surface area (Å²) in [6, 6.07) is 21.3. The molecule has 0 bridgehead atoms. The van der Waals surface area contributed by atoms with Crippen LogP contribution in [0.2, 0.25) is 0 Å². The summed E-state index contributed by atoms with van der Waals surface area (Å²) in [5.41, 5.74) is 8.35. The number of rotatable bonds is 6. The Kier molecular flexibility index (Phi) is 6.73. The molecule has 36 heavy (non-hydrogen) atoms. The third kappa shape index (κ3) is 4.83. The van der Waals surface area contributed by atoms with Crippen LogP contribution in [0.15, 0.2) is 77.8 Å². The van der Waals surface area contributed by atoms with Crippen LogP contribution < -0.4 is 10.2 Å². The number of fused-ring (bicyclic) bond motifs is 1. The van der Waals surface area contributed by atoms with E-state index in [2.05, 4.69) is 38.2 Å². The number of H-pyrrole nitrogens is 1. The molecule has 9 heteroatoms. The second kappa shape index (κ2) is 10.1. The number of halogens is 2. The molecule has 5 rings (SSSR count). The molecular weight excluding hydrogens is 572 g/mol. The molecule has 4 aromatic rings. The van der Waals surface area contributed by atoms with Crippen molar-refractivity contribution in [1.29, 1.82) is 0 Å². The molecule has 0 spiro atoms. The van der Waals surface area contributed by atoms with Crippen LogP contribution in [0, 0.1) is 12.7 Å². The van der Waals surface area contributed by atoms with Crippen LogP contribution in [-0.2, 0) is 6.42 Å². The zero-order valence-corrected chi connectivity index (χ0v) is 21.8. The first-order valence-electron chi connectivity index (χ1n) is 11.3. The van der Waals surface area contributed by atoms with Crippen molar-refractivity contribution in [3.05, 3.63) is 101 Å². The van der Waals surface area contributed by atoms with E-state index in [0.29, 0.717) is 29.2 Å². The molecule has 1 amide bonds. The number of amidine groups is 1. The Labute approximate surface area is 221 Å². The highest BCUT2D eigenvalue weighted by molar-refractivity contribution is 14.1. The van der Waals surface area contributed by atoms with Crippen LogP contribution in [0.1, 0.15) is 31.2 Å². The highest BCUT2D eigenvalue weighted by Gasteiger charge is 2.33. The van der Waals surface area contributed by atoms with Crippen molar-refractivity contribution < 1.29 is 13.9 Å². The number of benzene rings is 3. The molecule has 1 aliphatic rings. The summed E-state index contributed by atoms with van der Waals surface area (Å²) in [5.74, 6) is 0.824. The number of alkyl halides is 1. The first kappa shape index (κ1) is 24.0. The minimum absolute atomic E-state index is 0.236. The number of aliphatic imine (C=N–C) groups is 1. The Morgan fingerprint density at radius 3 is 2.67 bits per heavy atom. The standard InChI is InChI=1S/C27H23FIN5O2/c1-16-5-3-7-19(13-16)27(35)33-34-22(15-17-6-4-8-21(14-17)36-2)30-24-23(31-32-25(24)26(34)29)18-9-11-20(28)12-10-18/h3-14,26H,15H2,1-2H3,(H,31,32)(H,33,35). The van der Waals surface area contributed by atoms with Gasteiger partial charge in [0.05, 0.1) is 12.8 Å². The fourth-order valence-corrected chi connectivity index (χ4v) is 4.95. The minimum atomic E-state index is -0.317. The van der Waals surface area contributed by atoms with E-state index in [-0.39, 0.29) is 15.8 Å². The lowest BCUT2D eigenvalue weighted by Gasteiger charge is -2.33. The van der Waals surface area contributed by atoms with E-state index in [0.717, 1.165) is 28.1 Å². The maximum Gasteiger partial charge on any atom is 0.269 e. The number of carbonyl (C=O) groups excluding carboxylic acids is 1. The maximum absolute atomic E-state index is 13.5. The van der Waals surface area contributed by atoms with Gasteiger partial charge in [0.15, 0.2) is 0 Å². The molecular formula is C27H23FIN5O2. The number of hydrazine groups is 1. The number of hydrogen-bond donors (Lipinski definition) is 2. The topological polar surface area (TPSA) is 82.6 Å². The van der Waals surface area contributed by atoms with Gasteiger partial charge < -0.3 is 4.74 Å². The number of amides is 1. The van der Waals surface area contributed by atoms with Gasteiger partial charge in [-0.3, -0.25) is 20.3 Å². The molecule has 0 radical (unpaired) electrons. The number of aromatic nitrogens is 2. The number of aromatic amines is 1. The van der Waals surface area contributed by atoms with Crippen LogP contribution in [0.25, 0.3) is 11.3 Å². The number of ether oxygens (including phenoxy) is 1. The van der Waals surface area contributed by atoms with E-state index in [1.165, 1.54) is 12.1 Å². The number of nitrogens with one attached hydrogen (secondary N) is 2. The normalized spacial score (nSPS) is 14.7. The lowest BCUT2D eigenvalue weighted by molar-refractivity contribution is 0.0862. The molecule has 2 heterocycles. The molecule has 0 saturated heterocycles. The molecule has 1 unspecified atom stereocenters. The Hall–Kier alpha value is -3.73. The highest BCUT2D eigenvalue weighted by Crippen LogP contribution is 2.42. The summed E-state index contributed by atoms with van der Waals surface area (Å²) in [7, 11) is 1.62. The van der Waals surface area contributed by atoms with Gasteiger partial charge in [0, 0.05) is 17.5 Å². The number of carbonyl (C=O) groups is 1. The molecule has 2 N–H and O–H groups in total. The van der Waals surface area contributed by atoms with Crippen LogP contribution in [0.5, 0.6) is 5.75 Å². The molecule has 182 valence electrons. The number of hydrogen-bond acceptors (Lipinski definition) is 5. The monoisotopic (exact) mass is 595 g/mol. The summed E-state index contributed by atoms with van der Waals surface area (Å²) < 4.78 is 18.6. The Bertz CT molecular complexity index is 1450. The van der Waals surface area contributed by atoms with E-state index < -0.39 is 0 Å². The zero-order chi connectivity index (χ0) is 25.2. The Morgan fingerprint density at radius 1 is 1.14 bits per heavy atom. The van der Waals surface area contributed by atoms with Gasteiger partial charge in [0.1, 0.15) is 32.8 Å². The van der Waals surface area contributed by atoms with Crippen molar-refractivity contribution in [1.82, 2.24) is 20.6 Å².